The Balaban J connectivity index is 2.20. The molecule has 0 aromatic carbocycles. The normalized spacial score (nSPS) is 31.7. The first kappa shape index (κ1) is 12.4. The van der Waals surface area contributed by atoms with Crippen molar-refractivity contribution in [3.8, 4) is 0 Å². The van der Waals surface area contributed by atoms with Crippen LogP contribution in [0.3, 0.4) is 0 Å². The van der Waals surface area contributed by atoms with Gasteiger partial charge in [0.25, 0.3) is 0 Å². The maximum atomic E-state index is 12.2. The number of amides is 2. The molecule has 1 aliphatic heterocycles. The molecule has 17 heavy (non-hydrogen) atoms. The van der Waals surface area contributed by atoms with E-state index in [9.17, 15) is 9.59 Å². The smallest absolute Gasteiger partial charge is 0.245 e. The summed E-state index contributed by atoms with van der Waals surface area (Å²) in [6.07, 6.45) is 2.33. The lowest BCUT2D eigenvalue weighted by molar-refractivity contribution is -0.151. The summed E-state index contributed by atoms with van der Waals surface area (Å²) in [5.41, 5.74) is 0.250. The molecule has 0 radical (unpaired) electrons. The summed E-state index contributed by atoms with van der Waals surface area (Å²) in [6, 6.07) is -0.670. The Morgan fingerprint density at radius 2 is 2.00 bits per heavy atom. The second-order valence-corrected chi connectivity index (χ2v) is 6.20. The number of carbonyl (C=O) groups excluding carboxylic acids is 2. The molecule has 2 aliphatic rings. The predicted molar refractivity (Wildman–Crippen MR) is 65.3 cm³/mol. The molecule has 1 N–H and O–H groups in total. The quantitative estimate of drug-likeness (QED) is 0.802. The molecule has 0 aromatic rings. The van der Waals surface area contributed by atoms with Crippen molar-refractivity contribution in [1.29, 1.82) is 0 Å². The zero-order valence-electron chi connectivity index (χ0n) is 11.1. The van der Waals surface area contributed by atoms with E-state index in [-0.39, 0.29) is 35.2 Å². The number of hydrogen-bond donors (Lipinski definition) is 1. The lowest BCUT2D eigenvalue weighted by atomic mass is 9.95. The van der Waals surface area contributed by atoms with Crippen LogP contribution in [0.5, 0.6) is 0 Å². The molecule has 0 bridgehead atoms. The standard InChI is InChI=1S/C13H22N2O2/c1-8(2)10-11(16)14-9(3)12(17)15(10)7-13(4)5-6-13/h8-10H,5-7H2,1-4H3,(H,14,16). The van der Waals surface area contributed by atoms with E-state index in [2.05, 4.69) is 12.2 Å². The van der Waals surface area contributed by atoms with Gasteiger partial charge in [-0.1, -0.05) is 20.8 Å². The van der Waals surface area contributed by atoms with Gasteiger partial charge in [0, 0.05) is 6.54 Å². The van der Waals surface area contributed by atoms with E-state index >= 15 is 0 Å². The molecule has 2 fully saturated rings. The second-order valence-electron chi connectivity index (χ2n) is 6.20. The SMILES string of the molecule is CC1NC(=O)C(C(C)C)N(CC2(C)CC2)C1=O. The van der Waals surface area contributed by atoms with E-state index in [4.69, 9.17) is 0 Å². The molecule has 2 unspecified atom stereocenters. The minimum atomic E-state index is -0.375. The molecule has 1 aliphatic carbocycles. The summed E-state index contributed by atoms with van der Waals surface area (Å²) in [5, 5.41) is 2.77. The molecule has 4 heteroatoms. The van der Waals surface area contributed by atoms with Crippen LogP contribution in [-0.2, 0) is 9.59 Å². The van der Waals surface area contributed by atoms with Crippen molar-refractivity contribution in [2.24, 2.45) is 11.3 Å². The third-order valence-corrected chi connectivity index (χ3v) is 3.90. The third kappa shape index (κ3) is 2.31. The molecule has 96 valence electrons. The topological polar surface area (TPSA) is 49.4 Å². The van der Waals surface area contributed by atoms with Gasteiger partial charge in [0.1, 0.15) is 12.1 Å². The maximum Gasteiger partial charge on any atom is 0.245 e. The van der Waals surface area contributed by atoms with E-state index in [1.807, 2.05) is 13.8 Å². The molecule has 1 saturated carbocycles. The second kappa shape index (κ2) is 4.00. The summed E-state index contributed by atoms with van der Waals surface area (Å²) in [5.74, 6) is 0.224. The van der Waals surface area contributed by atoms with E-state index < -0.39 is 0 Å². The van der Waals surface area contributed by atoms with E-state index in [0.29, 0.717) is 0 Å². The van der Waals surface area contributed by atoms with Crippen LogP contribution in [0.15, 0.2) is 0 Å². The summed E-state index contributed by atoms with van der Waals surface area (Å²) in [4.78, 5) is 26.0. The van der Waals surface area contributed by atoms with Gasteiger partial charge in [0.15, 0.2) is 0 Å². The zero-order valence-corrected chi connectivity index (χ0v) is 11.1. The van der Waals surface area contributed by atoms with Crippen LogP contribution >= 0.6 is 0 Å². The van der Waals surface area contributed by atoms with Gasteiger partial charge < -0.3 is 10.2 Å². The molecule has 4 nitrogen and oxygen atoms in total. The van der Waals surface area contributed by atoms with Crippen molar-refractivity contribution in [2.45, 2.75) is 52.6 Å². The molecule has 1 saturated heterocycles. The summed E-state index contributed by atoms with van der Waals surface area (Å²) >= 11 is 0. The van der Waals surface area contributed by atoms with Crippen LogP contribution in [0.2, 0.25) is 0 Å². The van der Waals surface area contributed by atoms with Crippen molar-refractivity contribution in [1.82, 2.24) is 10.2 Å². The molecule has 2 rings (SSSR count). The van der Waals surface area contributed by atoms with Crippen molar-refractivity contribution in [3.63, 3.8) is 0 Å². The Morgan fingerprint density at radius 1 is 1.41 bits per heavy atom. The first-order chi connectivity index (χ1) is 7.84. The Morgan fingerprint density at radius 3 is 2.47 bits per heavy atom. The van der Waals surface area contributed by atoms with Crippen LogP contribution in [0.1, 0.15) is 40.5 Å². The minimum absolute atomic E-state index is 0.00338. The van der Waals surface area contributed by atoms with Gasteiger partial charge in [-0.2, -0.15) is 0 Å². The van der Waals surface area contributed by atoms with E-state index in [1.54, 1.807) is 11.8 Å². The molecule has 1 heterocycles. The van der Waals surface area contributed by atoms with Crippen LogP contribution in [0.25, 0.3) is 0 Å². The molecule has 0 aromatic heterocycles. The van der Waals surface area contributed by atoms with Crippen molar-refractivity contribution in [3.05, 3.63) is 0 Å². The van der Waals surface area contributed by atoms with Crippen molar-refractivity contribution >= 4 is 11.8 Å². The third-order valence-electron chi connectivity index (χ3n) is 3.90. The fraction of sp³-hybridized carbons (Fsp3) is 0.846. The highest BCUT2D eigenvalue weighted by Gasteiger charge is 2.46. The van der Waals surface area contributed by atoms with Gasteiger partial charge in [-0.3, -0.25) is 9.59 Å². The van der Waals surface area contributed by atoms with Crippen molar-refractivity contribution < 1.29 is 9.59 Å². The average Bonchev–Trinajstić information content (AvgIpc) is 2.92. The molecule has 0 spiro atoms. The van der Waals surface area contributed by atoms with E-state index in [0.717, 1.165) is 19.4 Å². The molecule has 2 amide bonds. The Kier molecular flexibility index (Phi) is 2.92. The molecular formula is C13H22N2O2. The number of nitrogens with one attached hydrogen (secondary N) is 1. The van der Waals surface area contributed by atoms with Crippen LogP contribution in [-0.4, -0.2) is 35.3 Å². The summed E-state index contributed by atoms with van der Waals surface area (Å²) < 4.78 is 0. The van der Waals surface area contributed by atoms with Gasteiger partial charge in [0.05, 0.1) is 0 Å². The van der Waals surface area contributed by atoms with Crippen molar-refractivity contribution in [2.75, 3.05) is 6.54 Å². The monoisotopic (exact) mass is 238 g/mol. The average molecular weight is 238 g/mol. The molecule has 2 atom stereocenters. The highest BCUT2D eigenvalue weighted by Crippen LogP contribution is 2.46. The minimum Gasteiger partial charge on any atom is -0.343 e. The van der Waals surface area contributed by atoms with Crippen LogP contribution < -0.4 is 5.32 Å². The number of rotatable bonds is 3. The van der Waals surface area contributed by atoms with Crippen LogP contribution in [0.4, 0.5) is 0 Å². The summed E-state index contributed by atoms with van der Waals surface area (Å²) in [7, 11) is 0. The largest absolute Gasteiger partial charge is 0.343 e. The lowest BCUT2D eigenvalue weighted by Crippen LogP contribution is -2.64. The molecular weight excluding hydrogens is 216 g/mol. The Bertz CT molecular complexity index is 347. The van der Waals surface area contributed by atoms with Gasteiger partial charge in [-0.05, 0) is 31.1 Å². The maximum absolute atomic E-state index is 12.2. The van der Waals surface area contributed by atoms with E-state index in [1.165, 1.54) is 0 Å². The number of nitrogens with zero attached hydrogens (tertiary/aromatic N) is 1. The first-order valence-corrected chi connectivity index (χ1v) is 6.45. The van der Waals surface area contributed by atoms with Gasteiger partial charge in [-0.15, -0.1) is 0 Å². The Hall–Kier alpha value is -1.06. The highest BCUT2D eigenvalue weighted by molar-refractivity contribution is 5.96. The Labute approximate surface area is 103 Å². The fourth-order valence-electron chi connectivity index (χ4n) is 2.51. The predicted octanol–water partition coefficient (Wildman–Crippen LogP) is 1.16. The lowest BCUT2D eigenvalue weighted by Gasteiger charge is -2.41. The number of carbonyl (C=O) groups is 2. The van der Waals surface area contributed by atoms with Gasteiger partial charge in [-0.25, -0.2) is 0 Å². The summed E-state index contributed by atoms with van der Waals surface area (Å²) in [6.45, 7) is 8.67. The fourth-order valence-corrected chi connectivity index (χ4v) is 2.51. The van der Waals surface area contributed by atoms with Crippen LogP contribution in [0, 0.1) is 11.3 Å². The van der Waals surface area contributed by atoms with Gasteiger partial charge in [0.2, 0.25) is 11.8 Å². The van der Waals surface area contributed by atoms with Gasteiger partial charge >= 0.3 is 0 Å². The zero-order chi connectivity index (χ0) is 12.8. The highest BCUT2D eigenvalue weighted by atomic mass is 16.2. The first-order valence-electron chi connectivity index (χ1n) is 6.45. The number of piperazine rings is 1. The number of hydrogen-bond acceptors (Lipinski definition) is 2.